The molecule has 0 atom stereocenters. The molecule has 0 radical (unpaired) electrons. The van der Waals surface area contributed by atoms with Crippen LogP contribution >= 0.6 is 0 Å². The zero-order valence-electron chi connectivity index (χ0n) is 10.7. The van der Waals surface area contributed by atoms with Crippen molar-refractivity contribution in [2.45, 2.75) is 19.3 Å². The summed E-state index contributed by atoms with van der Waals surface area (Å²) in [5, 5.41) is 15.5. The second kappa shape index (κ2) is 4.73. The van der Waals surface area contributed by atoms with Crippen molar-refractivity contribution in [3.8, 4) is 6.07 Å². The standard InChI is InChI=1S/C12H9F3N6/c13-12(14,15)11-19-18-10-7-20(3-4-21(10)11)9-2-1-8(5-16)17-6-9/h1-2,6H,3-4,7H2. The van der Waals surface area contributed by atoms with Crippen molar-refractivity contribution in [1.82, 2.24) is 19.7 Å². The van der Waals surface area contributed by atoms with E-state index in [1.165, 1.54) is 6.20 Å². The molecule has 0 aliphatic carbocycles. The molecule has 0 saturated heterocycles. The van der Waals surface area contributed by atoms with Gasteiger partial charge in [-0.2, -0.15) is 18.4 Å². The van der Waals surface area contributed by atoms with Crippen molar-refractivity contribution < 1.29 is 13.2 Å². The van der Waals surface area contributed by atoms with E-state index in [2.05, 4.69) is 15.2 Å². The molecule has 6 nitrogen and oxygen atoms in total. The van der Waals surface area contributed by atoms with Gasteiger partial charge in [0, 0.05) is 13.1 Å². The fourth-order valence-corrected chi connectivity index (χ4v) is 2.23. The number of aromatic nitrogens is 4. The second-order valence-corrected chi connectivity index (χ2v) is 4.52. The van der Waals surface area contributed by atoms with Crippen LogP contribution in [0.2, 0.25) is 0 Å². The zero-order chi connectivity index (χ0) is 15.0. The van der Waals surface area contributed by atoms with Gasteiger partial charge >= 0.3 is 6.18 Å². The summed E-state index contributed by atoms with van der Waals surface area (Å²) < 4.78 is 39.3. The number of anilines is 1. The first-order valence-corrected chi connectivity index (χ1v) is 6.09. The summed E-state index contributed by atoms with van der Waals surface area (Å²) in [5.41, 5.74) is 1.02. The van der Waals surface area contributed by atoms with E-state index in [1.807, 2.05) is 11.0 Å². The van der Waals surface area contributed by atoms with E-state index in [0.717, 1.165) is 10.3 Å². The minimum atomic E-state index is -4.50. The molecule has 0 amide bonds. The number of hydrogen-bond acceptors (Lipinski definition) is 5. The molecule has 0 N–H and O–H groups in total. The number of pyridine rings is 1. The Kier molecular flexibility index (Phi) is 3.01. The average Bonchev–Trinajstić information content (AvgIpc) is 2.90. The van der Waals surface area contributed by atoms with Crippen molar-refractivity contribution in [2.75, 3.05) is 11.4 Å². The van der Waals surface area contributed by atoms with Gasteiger partial charge in [0.2, 0.25) is 5.82 Å². The van der Waals surface area contributed by atoms with Crippen molar-refractivity contribution >= 4 is 5.69 Å². The second-order valence-electron chi connectivity index (χ2n) is 4.52. The van der Waals surface area contributed by atoms with E-state index >= 15 is 0 Å². The van der Waals surface area contributed by atoms with Crippen LogP contribution in [0.1, 0.15) is 17.3 Å². The molecule has 0 aromatic carbocycles. The molecule has 3 rings (SSSR count). The van der Waals surface area contributed by atoms with E-state index in [-0.39, 0.29) is 18.9 Å². The molecule has 0 bridgehead atoms. The highest BCUT2D eigenvalue weighted by Gasteiger charge is 2.39. The molecule has 108 valence electrons. The van der Waals surface area contributed by atoms with Crippen LogP contribution in [0.3, 0.4) is 0 Å². The summed E-state index contributed by atoms with van der Waals surface area (Å²) in [6.07, 6.45) is -2.97. The summed E-state index contributed by atoms with van der Waals surface area (Å²) >= 11 is 0. The highest BCUT2D eigenvalue weighted by atomic mass is 19.4. The van der Waals surface area contributed by atoms with Crippen LogP contribution in [-0.4, -0.2) is 26.3 Å². The van der Waals surface area contributed by atoms with Gasteiger partial charge in [0.15, 0.2) is 5.82 Å². The summed E-state index contributed by atoms with van der Waals surface area (Å²) in [5.74, 6) is -0.701. The van der Waals surface area contributed by atoms with E-state index in [1.54, 1.807) is 12.1 Å². The molecule has 9 heteroatoms. The minimum Gasteiger partial charge on any atom is -0.361 e. The molecular weight excluding hydrogens is 285 g/mol. The molecule has 21 heavy (non-hydrogen) atoms. The van der Waals surface area contributed by atoms with Gasteiger partial charge in [-0.3, -0.25) is 0 Å². The van der Waals surface area contributed by atoms with E-state index in [0.29, 0.717) is 12.2 Å². The number of halogens is 3. The smallest absolute Gasteiger partial charge is 0.361 e. The van der Waals surface area contributed by atoms with Crippen LogP contribution in [0.4, 0.5) is 18.9 Å². The normalized spacial score (nSPS) is 14.7. The van der Waals surface area contributed by atoms with Gasteiger partial charge < -0.3 is 9.47 Å². The topological polar surface area (TPSA) is 70.6 Å². The lowest BCUT2D eigenvalue weighted by Crippen LogP contribution is -2.35. The highest BCUT2D eigenvalue weighted by Crippen LogP contribution is 2.30. The molecule has 0 fully saturated rings. The third-order valence-corrected chi connectivity index (χ3v) is 3.23. The number of nitriles is 1. The van der Waals surface area contributed by atoms with Crippen LogP contribution in [-0.2, 0) is 19.3 Å². The largest absolute Gasteiger partial charge is 0.451 e. The molecular formula is C12H9F3N6. The SMILES string of the molecule is N#Cc1ccc(N2CCn3c(nnc3C(F)(F)F)C2)cn1. The Labute approximate surface area is 117 Å². The molecule has 1 aliphatic rings. The minimum absolute atomic E-state index is 0.150. The number of hydrogen-bond donors (Lipinski definition) is 0. The summed E-state index contributed by atoms with van der Waals surface area (Å²) in [6, 6.07) is 5.19. The van der Waals surface area contributed by atoms with E-state index in [4.69, 9.17) is 5.26 Å². The highest BCUT2D eigenvalue weighted by molar-refractivity contribution is 5.46. The Morgan fingerprint density at radius 3 is 2.62 bits per heavy atom. The molecule has 3 heterocycles. The van der Waals surface area contributed by atoms with Gasteiger partial charge in [-0.15, -0.1) is 10.2 Å². The van der Waals surface area contributed by atoms with E-state index in [9.17, 15) is 13.2 Å². The maximum atomic E-state index is 12.7. The summed E-state index contributed by atoms with van der Waals surface area (Å²) in [6.45, 7) is 0.759. The predicted octanol–water partition coefficient (Wildman–Crippen LogP) is 1.58. The molecule has 2 aromatic heterocycles. The van der Waals surface area contributed by atoms with Crippen LogP contribution < -0.4 is 4.90 Å². The Morgan fingerprint density at radius 1 is 1.19 bits per heavy atom. The third kappa shape index (κ3) is 2.40. The van der Waals surface area contributed by atoms with Crippen molar-refractivity contribution in [3.05, 3.63) is 35.7 Å². The Morgan fingerprint density at radius 2 is 2.00 bits per heavy atom. The quantitative estimate of drug-likeness (QED) is 0.798. The number of rotatable bonds is 1. The van der Waals surface area contributed by atoms with Gasteiger partial charge in [-0.1, -0.05) is 0 Å². The number of alkyl halides is 3. The first-order valence-electron chi connectivity index (χ1n) is 6.09. The van der Waals surface area contributed by atoms with Gasteiger partial charge in [-0.25, -0.2) is 4.98 Å². The fraction of sp³-hybridized carbons (Fsp3) is 0.333. The first-order chi connectivity index (χ1) is 9.99. The maximum Gasteiger partial charge on any atom is 0.451 e. The van der Waals surface area contributed by atoms with Crippen LogP contribution in [0.5, 0.6) is 0 Å². The Bertz CT molecular complexity index is 697. The fourth-order valence-electron chi connectivity index (χ4n) is 2.23. The average molecular weight is 294 g/mol. The van der Waals surface area contributed by atoms with Crippen LogP contribution in [0, 0.1) is 11.3 Å². The lowest BCUT2D eigenvalue weighted by molar-refractivity contribution is -0.147. The summed E-state index contributed by atoms with van der Waals surface area (Å²) in [7, 11) is 0. The molecule has 1 aliphatic heterocycles. The third-order valence-electron chi connectivity index (χ3n) is 3.23. The van der Waals surface area contributed by atoms with Gasteiger partial charge in [0.1, 0.15) is 11.8 Å². The zero-order valence-corrected chi connectivity index (χ0v) is 10.7. The van der Waals surface area contributed by atoms with Gasteiger partial charge in [-0.05, 0) is 12.1 Å². The number of fused-ring (bicyclic) bond motifs is 1. The van der Waals surface area contributed by atoms with Gasteiger partial charge in [0.25, 0.3) is 0 Å². The molecule has 0 spiro atoms. The van der Waals surface area contributed by atoms with E-state index < -0.39 is 12.0 Å². The molecule has 2 aromatic rings. The summed E-state index contributed by atoms with van der Waals surface area (Å²) in [4.78, 5) is 5.79. The van der Waals surface area contributed by atoms with Gasteiger partial charge in [0.05, 0.1) is 18.4 Å². The lowest BCUT2D eigenvalue weighted by atomic mass is 10.2. The van der Waals surface area contributed by atoms with Crippen LogP contribution in [0.25, 0.3) is 0 Å². The maximum absolute atomic E-state index is 12.7. The number of nitrogens with zero attached hydrogens (tertiary/aromatic N) is 6. The van der Waals surface area contributed by atoms with Crippen molar-refractivity contribution in [1.29, 1.82) is 5.26 Å². The monoisotopic (exact) mass is 294 g/mol. The lowest BCUT2D eigenvalue weighted by Gasteiger charge is -2.29. The molecule has 0 unspecified atom stereocenters. The van der Waals surface area contributed by atoms with Crippen molar-refractivity contribution in [3.63, 3.8) is 0 Å². The Hall–Kier alpha value is -2.63. The molecule has 0 saturated carbocycles. The van der Waals surface area contributed by atoms with Crippen molar-refractivity contribution in [2.24, 2.45) is 0 Å². The predicted molar refractivity (Wildman–Crippen MR) is 65.0 cm³/mol. The van der Waals surface area contributed by atoms with Crippen LogP contribution in [0.15, 0.2) is 18.3 Å². The Balaban J connectivity index is 1.85. The first kappa shape index (κ1) is 13.4.